The maximum absolute atomic E-state index is 14.4. The van der Waals surface area contributed by atoms with Crippen molar-refractivity contribution in [3.8, 4) is 5.75 Å². The van der Waals surface area contributed by atoms with Crippen molar-refractivity contribution in [2.45, 2.75) is 33.3 Å². The highest BCUT2D eigenvalue weighted by Gasteiger charge is 2.35. The van der Waals surface area contributed by atoms with Crippen LogP contribution in [0, 0.1) is 19.7 Å². The molecule has 0 fully saturated rings. The van der Waals surface area contributed by atoms with E-state index < -0.39 is 11.4 Å². The van der Waals surface area contributed by atoms with Gasteiger partial charge >= 0.3 is 0 Å². The molecule has 0 unspecified atom stereocenters. The zero-order chi connectivity index (χ0) is 22.3. The molecule has 0 spiro atoms. The number of fused-ring (bicyclic) bond motifs is 1. The summed E-state index contributed by atoms with van der Waals surface area (Å²) in [5, 5.41) is 9.48. The van der Waals surface area contributed by atoms with E-state index >= 15 is 0 Å². The normalized spacial score (nSPS) is 14.3. The fourth-order valence-corrected chi connectivity index (χ4v) is 3.30. The van der Waals surface area contributed by atoms with Gasteiger partial charge in [-0.05, 0) is 69.2 Å². The molecule has 0 saturated heterocycles. The third kappa shape index (κ3) is 4.25. The first-order valence-corrected chi connectivity index (χ1v) is 9.98. The second-order valence-corrected chi connectivity index (χ2v) is 8.22. The maximum atomic E-state index is 14.4. The number of carbonyl (C=O) groups is 1. The number of hydrogen-bond donors (Lipinski definition) is 3. The lowest BCUT2D eigenvalue weighted by atomic mass is 10.1. The van der Waals surface area contributed by atoms with Crippen LogP contribution in [-0.2, 0) is 4.79 Å². The SMILES string of the molecule is Cc1cc(Nc2ncc(F)c(Nc3ccc4c(c3)NC(=O)C(C)(C)O4)n2)cc(C)c1Cl. The fourth-order valence-electron chi connectivity index (χ4n) is 3.19. The van der Waals surface area contributed by atoms with Crippen molar-refractivity contribution in [1.82, 2.24) is 9.97 Å². The second kappa shape index (κ2) is 7.70. The van der Waals surface area contributed by atoms with Gasteiger partial charge in [0.15, 0.2) is 17.2 Å². The lowest BCUT2D eigenvalue weighted by Crippen LogP contribution is -2.45. The average Bonchev–Trinajstić information content (AvgIpc) is 2.69. The van der Waals surface area contributed by atoms with Crippen LogP contribution in [0.4, 0.5) is 33.2 Å². The molecule has 0 atom stereocenters. The number of nitrogens with zero attached hydrogens (tertiary/aromatic N) is 2. The first kappa shape index (κ1) is 20.9. The lowest BCUT2D eigenvalue weighted by molar-refractivity contribution is -0.129. The van der Waals surface area contributed by atoms with E-state index in [1.165, 1.54) is 0 Å². The molecule has 160 valence electrons. The van der Waals surface area contributed by atoms with Crippen LogP contribution in [0.1, 0.15) is 25.0 Å². The molecule has 3 N–H and O–H groups in total. The number of carbonyl (C=O) groups excluding carboxylic acids is 1. The zero-order valence-electron chi connectivity index (χ0n) is 17.4. The van der Waals surface area contributed by atoms with Crippen molar-refractivity contribution < 1.29 is 13.9 Å². The summed E-state index contributed by atoms with van der Waals surface area (Å²) in [6.45, 7) is 7.18. The van der Waals surface area contributed by atoms with Crippen LogP contribution in [0.2, 0.25) is 5.02 Å². The summed E-state index contributed by atoms with van der Waals surface area (Å²) in [5.74, 6) is -0.127. The van der Waals surface area contributed by atoms with Crippen LogP contribution in [0.5, 0.6) is 5.75 Å². The number of nitrogens with one attached hydrogen (secondary N) is 3. The quantitative estimate of drug-likeness (QED) is 0.496. The summed E-state index contributed by atoms with van der Waals surface area (Å²) in [7, 11) is 0. The first-order chi connectivity index (χ1) is 14.6. The predicted molar refractivity (Wildman–Crippen MR) is 119 cm³/mol. The Balaban J connectivity index is 1.57. The van der Waals surface area contributed by atoms with E-state index in [-0.39, 0.29) is 17.7 Å². The number of aromatic nitrogens is 2. The zero-order valence-corrected chi connectivity index (χ0v) is 18.2. The minimum atomic E-state index is -0.959. The number of rotatable bonds is 4. The third-order valence-electron chi connectivity index (χ3n) is 4.84. The first-order valence-electron chi connectivity index (χ1n) is 9.60. The van der Waals surface area contributed by atoms with E-state index in [1.807, 2.05) is 26.0 Å². The summed E-state index contributed by atoms with van der Waals surface area (Å²) < 4.78 is 20.1. The van der Waals surface area contributed by atoms with Crippen molar-refractivity contribution in [3.63, 3.8) is 0 Å². The Labute approximate surface area is 184 Å². The Hall–Kier alpha value is -3.39. The number of benzene rings is 2. The highest BCUT2D eigenvalue weighted by Crippen LogP contribution is 2.36. The molecule has 7 nitrogen and oxygen atoms in total. The molecule has 9 heteroatoms. The Kier molecular flexibility index (Phi) is 5.18. The summed E-state index contributed by atoms with van der Waals surface area (Å²) >= 11 is 6.21. The number of ether oxygens (including phenoxy) is 1. The minimum Gasteiger partial charge on any atom is -0.476 e. The van der Waals surface area contributed by atoms with Gasteiger partial charge in [0.2, 0.25) is 5.95 Å². The van der Waals surface area contributed by atoms with Crippen molar-refractivity contribution in [1.29, 1.82) is 0 Å². The Morgan fingerprint density at radius 1 is 1.10 bits per heavy atom. The van der Waals surface area contributed by atoms with Crippen molar-refractivity contribution in [2.24, 2.45) is 0 Å². The molecule has 0 aliphatic carbocycles. The van der Waals surface area contributed by atoms with Gasteiger partial charge in [0, 0.05) is 16.4 Å². The van der Waals surface area contributed by atoms with Gasteiger partial charge in [0.1, 0.15) is 5.75 Å². The molecule has 31 heavy (non-hydrogen) atoms. The van der Waals surface area contributed by atoms with Crippen LogP contribution >= 0.6 is 11.6 Å². The van der Waals surface area contributed by atoms with Gasteiger partial charge in [-0.15, -0.1) is 0 Å². The number of aryl methyl sites for hydroxylation is 2. The Morgan fingerprint density at radius 2 is 1.81 bits per heavy atom. The molecule has 0 saturated carbocycles. The predicted octanol–water partition coefficient (Wildman–Crippen LogP) is 5.48. The fraction of sp³-hybridized carbons (Fsp3) is 0.227. The van der Waals surface area contributed by atoms with Crippen LogP contribution < -0.4 is 20.7 Å². The minimum absolute atomic E-state index is 0.0109. The molecule has 2 aromatic carbocycles. The van der Waals surface area contributed by atoms with Crippen LogP contribution in [0.3, 0.4) is 0 Å². The highest BCUT2D eigenvalue weighted by molar-refractivity contribution is 6.32. The molecular weight excluding hydrogens is 421 g/mol. The molecule has 4 rings (SSSR count). The molecule has 0 radical (unpaired) electrons. The number of halogens is 2. The molecule has 1 aliphatic heterocycles. The molecule has 1 aliphatic rings. The largest absolute Gasteiger partial charge is 0.476 e. The molecule has 1 amide bonds. The number of hydrogen-bond acceptors (Lipinski definition) is 6. The van der Waals surface area contributed by atoms with Gasteiger partial charge in [-0.25, -0.2) is 9.37 Å². The van der Waals surface area contributed by atoms with Gasteiger partial charge in [-0.3, -0.25) is 4.79 Å². The highest BCUT2D eigenvalue weighted by atomic mass is 35.5. The van der Waals surface area contributed by atoms with Crippen LogP contribution in [0.15, 0.2) is 36.5 Å². The number of anilines is 5. The summed E-state index contributed by atoms with van der Waals surface area (Å²) in [6, 6.07) is 8.80. The lowest BCUT2D eigenvalue weighted by Gasteiger charge is -2.31. The van der Waals surface area contributed by atoms with E-state index in [1.54, 1.807) is 32.0 Å². The van der Waals surface area contributed by atoms with Gasteiger partial charge in [-0.1, -0.05) is 11.6 Å². The van der Waals surface area contributed by atoms with Gasteiger partial charge in [0.25, 0.3) is 5.91 Å². The topological polar surface area (TPSA) is 88.2 Å². The molecule has 0 bridgehead atoms. The van der Waals surface area contributed by atoms with Crippen LogP contribution in [-0.4, -0.2) is 21.5 Å². The monoisotopic (exact) mass is 441 g/mol. The van der Waals surface area contributed by atoms with Gasteiger partial charge in [0.05, 0.1) is 11.9 Å². The molecule has 2 heterocycles. The summed E-state index contributed by atoms with van der Waals surface area (Å²) in [4.78, 5) is 20.4. The van der Waals surface area contributed by atoms with Crippen molar-refractivity contribution in [3.05, 3.63) is 58.5 Å². The smallest absolute Gasteiger partial charge is 0.268 e. The van der Waals surface area contributed by atoms with Crippen LogP contribution in [0.25, 0.3) is 0 Å². The van der Waals surface area contributed by atoms with E-state index in [0.717, 1.165) is 23.0 Å². The Bertz CT molecular complexity index is 1180. The average molecular weight is 442 g/mol. The standard InChI is InChI=1S/C22H21ClFN5O2/c1-11-7-14(8-12(2)18(11)23)27-21-25-10-15(24)19(29-21)26-13-5-6-17-16(9-13)28-20(30)22(3,4)31-17/h5-10H,1-4H3,(H,28,30)(H2,25,26,27,29). The molecule has 3 aromatic rings. The summed E-state index contributed by atoms with van der Waals surface area (Å²) in [5.41, 5.74) is 2.63. The van der Waals surface area contributed by atoms with Crippen molar-refractivity contribution in [2.75, 3.05) is 16.0 Å². The maximum Gasteiger partial charge on any atom is 0.268 e. The van der Waals surface area contributed by atoms with E-state index in [9.17, 15) is 9.18 Å². The summed E-state index contributed by atoms with van der Waals surface area (Å²) in [6.07, 6.45) is 1.08. The van der Waals surface area contributed by atoms with Gasteiger partial charge < -0.3 is 20.7 Å². The van der Waals surface area contributed by atoms with E-state index in [2.05, 4.69) is 25.9 Å². The Morgan fingerprint density at radius 3 is 2.52 bits per heavy atom. The van der Waals surface area contributed by atoms with Crippen molar-refractivity contribution >= 4 is 46.3 Å². The van der Waals surface area contributed by atoms with Gasteiger partial charge in [-0.2, -0.15) is 4.98 Å². The third-order valence-corrected chi connectivity index (χ3v) is 5.44. The molecule has 1 aromatic heterocycles. The van der Waals surface area contributed by atoms with E-state index in [0.29, 0.717) is 22.1 Å². The number of amides is 1. The molecular formula is C22H21ClFN5O2. The second-order valence-electron chi connectivity index (χ2n) is 7.84. The van der Waals surface area contributed by atoms with E-state index in [4.69, 9.17) is 16.3 Å².